The molecule has 0 fully saturated rings. The van der Waals surface area contributed by atoms with Gasteiger partial charge >= 0.3 is 6.36 Å². The number of nitrogen functional groups attached to an aromatic ring is 1. The average Bonchev–Trinajstić information content (AvgIpc) is 2.72. The Kier molecular flexibility index (Phi) is 5.87. The van der Waals surface area contributed by atoms with Crippen molar-refractivity contribution in [2.45, 2.75) is 16.3 Å². The molecule has 3 N–H and O–H groups in total. The monoisotopic (exact) mass is 456 g/mol. The van der Waals surface area contributed by atoms with Crippen LogP contribution in [-0.2, 0) is 0 Å². The Labute approximate surface area is 184 Å². The molecule has 0 radical (unpaired) electrons. The van der Waals surface area contributed by atoms with Crippen LogP contribution in [0.1, 0.15) is 10.4 Å². The van der Waals surface area contributed by atoms with E-state index in [0.29, 0.717) is 21.8 Å². The summed E-state index contributed by atoms with van der Waals surface area (Å²) in [6.07, 6.45) is -3.43. The van der Waals surface area contributed by atoms with Gasteiger partial charge in [-0.05, 0) is 41.1 Å². The van der Waals surface area contributed by atoms with Crippen molar-refractivity contribution in [1.29, 1.82) is 0 Å². The minimum Gasteiger partial charge on any atom is -0.406 e. The van der Waals surface area contributed by atoms with E-state index in [0.717, 1.165) is 22.4 Å². The lowest BCUT2D eigenvalue weighted by atomic mass is 10.0. The molecule has 1 amide bonds. The normalized spacial score (nSPS) is 11.3. The minimum absolute atomic E-state index is 0.183. The lowest BCUT2D eigenvalue weighted by Gasteiger charge is -2.12. The SMILES string of the molecule is Nc1cc(Sc2ccc3c(C(=O)Nc4cccc(OC(F)(F)F)c4)cccc3c2)ncn1. The Hall–Kier alpha value is -3.79. The number of carbonyl (C=O) groups is 1. The molecule has 1 aromatic heterocycles. The fraction of sp³-hybridized carbons (Fsp3) is 0.0455. The fourth-order valence-electron chi connectivity index (χ4n) is 3.02. The van der Waals surface area contributed by atoms with Gasteiger partial charge in [0, 0.05) is 28.3 Å². The van der Waals surface area contributed by atoms with Crippen LogP contribution < -0.4 is 15.8 Å². The Morgan fingerprint density at radius 1 is 1.00 bits per heavy atom. The maximum Gasteiger partial charge on any atom is 0.573 e. The summed E-state index contributed by atoms with van der Waals surface area (Å²) in [5, 5.41) is 4.81. The van der Waals surface area contributed by atoms with E-state index < -0.39 is 18.0 Å². The predicted molar refractivity (Wildman–Crippen MR) is 116 cm³/mol. The van der Waals surface area contributed by atoms with Gasteiger partial charge in [-0.2, -0.15) is 0 Å². The van der Waals surface area contributed by atoms with Crippen LogP contribution in [0, 0.1) is 0 Å². The standard InChI is InChI=1S/C22H15F3N4O2S/c23-22(24,25)31-15-5-2-4-14(10-15)29-21(30)18-6-1-3-13-9-16(7-8-17(13)18)32-20-11-19(26)27-12-28-20/h1-12H,(H,29,30)(H2,26,27,28). The maximum atomic E-state index is 12.8. The number of nitrogens with two attached hydrogens (primary N) is 1. The third-order valence-corrected chi connectivity index (χ3v) is 5.23. The molecule has 10 heteroatoms. The molecular weight excluding hydrogens is 441 g/mol. The molecule has 0 bridgehead atoms. The highest BCUT2D eigenvalue weighted by molar-refractivity contribution is 7.99. The number of halogens is 3. The second-order valence-electron chi connectivity index (χ2n) is 6.60. The van der Waals surface area contributed by atoms with Gasteiger partial charge in [0.05, 0.1) is 0 Å². The van der Waals surface area contributed by atoms with E-state index in [-0.39, 0.29) is 5.69 Å². The zero-order valence-corrected chi connectivity index (χ0v) is 17.1. The first-order valence-corrected chi connectivity index (χ1v) is 10.0. The van der Waals surface area contributed by atoms with Crippen LogP contribution in [0.3, 0.4) is 0 Å². The summed E-state index contributed by atoms with van der Waals surface area (Å²) in [5.41, 5.74) is 6.25. The number of hydrogen-bond donors (Lipinski definition) is 2. The van der Waals surface area contributed by atoms with Crippen LogP contribution in [0.2, 0.25) is 0 Å². The van der Waals surface area contributed by atoms with Gasteiger partial charge in [-0.3, -0.25) is 4.79 Å². The van der Waals surface area contributed by atoms with Crippen molar-refractivity contribution < 1.29 is 22.7 Å². The lowest BCUT2D eigenvalue weighted by molar-refractivity contribution is -0.274. The summed E-state index contributed by atoms with van der Waals surface area (Å²) in [5.74, 6) is -0.504. The third-order valence-electron chi connectivity index (χ3n) is 4.31. The van der Waals surface area contributed by atoms with Crippen LogP contribution in [0.4, 0.5) is 24.7 Å². The van der Waals surface area contributed by atoms with Crippen molar-refractivity contribution in [2.75, 3.05) is 11.1 Å². The topological polar surface area (TPSA) is 90.1 Å². The second-order valence-corrected chi connectivity index (χ2v) is 7.70. The fourth-order valence-corrected chi connectivity index (χ4v) is 3.87. The van der Waals surface area contributed by atoms with Crippen molar-refractivity contribution in [3.05, 3.63) is 78.6 Å². The molecule has 32 heavy (non-hydrogen) atoms. The number of ether oxygens (including phenoxy) is 1. The molecule has 0 unspecified atom stereocenters. The number of benzene rings is 3. The minimum atomic E-state index is -4.81. The molecule has 0 spiro atoms. The summed E-state index contributed by atoms with van der Waals surface area (Å²) < 4.78 is 41.2. The summed E-state index contributed by atoms with van der Waals surface area (Å²) in [6, 6.07) is 17.6. The van der Waals surface area contributed by atoms with E-state index >= 15 is 0 Å². The Morgan fingerprint density at radius 2 is 1.81 bits per heavy atom. The summed E-state index contributed by atoms with van der Waals surface area (Å²) in [6.45, 7) is 0. The van der Waals surface area contributed by atoms with Crippen LogP contribution in [-0.4, -0.2) is 22.2 Å². The van der Waals surface area contributed by atoms with Crippen molar-refractivity contribution in [3.63, 3.8) is 0 Å². The largest absolute Gasteiger partial charge is 0.573 e. The Balaban J connectivity index is 1.56. The number of rotatable bonds is 5. The Bertz CT molecular complexity index is 1300. The molecule has 1 heterocycles. The number of hydrogen-bond acceptors (Lipinski definition) is 6. The van der Waals surface area contributed by atoms with E-state index in [9.17, 15) is 18.0 Å². The number of fused-ring (bicyclic) bond motifs is 1. The maximum absolute atomic E-state index is 12.8. The van der Waals surface area contributed by atoms with Crippen molar-refractivity contribution in [3.8, 4) is 5.75 Å². The highest BCUT2D eigenvalue weighted by atomic mass is 32.2. The molecule has 0 aliphatic rings. The van der Waals surface area contributed by atoms with E-state index in [1.165, 1.54) is 30.2 Å². The van der Waals surface area contributed by atoms with E-state index in [2.05, 4.69) is 20.0 Å². The van der Waals surface area contributed by atoms with Crippen molar-refractivity contribution in [1.82, 2.24) is 9.97 Å². The van der Waals surface area contributed by atoms with Crippen LogP contribution in [0.15, 0.2) is 83.0 Å². The lowest BCUT2D eigenvalue weighted by Crippen LogP contribution is -2.17. The molecule has 0 aliphatic heterocycles. The van der Waals surface area contributed by atoms with Gasteiger partial charge in [-0.1, -0.05) is 36.0 Å². The van der Waals surface area contributed by atoms with Crippen LogP contribution in [0.25, 0.3) is 10.8 Å². The molecule has 0 saturated carbocycles. The van der Waals surface area contributed by atoms with E-state index in [1.54, 1.807) is 24.3 Å². The number of amides is 1. The molecule has 4 rings (SSSR count). The van der Waals surface area contributed by atoms with E-state index in [4.69, 9.17) is 5.73 Å². The summed E-state index contributed by atoms with van der Waals surface area (Å²) >= 11 is 1.40. The molecule has 0 saturated heterocycles. The smallest absolute Gasteiger partial charge is 0.406 e. The number of anilines is 2. The molecule has 4 aromatic rings. The first-order valence-electron chi connectivity index (χ1n) is 9.22. The van der Waals surface area contributed by atoms with Crippen LogP contribution >= 0.6 is 11.8 Å². The van der Waals surface area contributed by atoms with Gasteiger partial charge in [0.25, 0.3) is 5.91 Å². The predicted octanol–water partition coefficient (Wildman–Crippen LogP) is 5.51. The van der Waals surface area contributed by atoms with Gasteiger partial charge in [-0.15, -0.1) is 13.2 Å². The average molecular weight is 456 g/mol. The second kappa shape index (κ2) is 8.75. The molecular formula is C22H15F3N4O2S. The van der Waals surface area contributed by atoms with Gasteiger partial charge in [0.2, 0.25) is 0 Å². The molecule has 6 nitrogen and oxygen atoms in total. The summed E-state index contributed by atoms with van der Waals surface area (Å²) in [7, 11) is 0. The van der Waals surface area contributed by atoms with Crippen molar-refractivity contribution in [2.24, 2.45) is 0 Å². The van der Waals surface area contributed by atoms with Crippen molar-refractivity contribution >= 4 is 39.9 Å². The van der Waals surface area contributed by atoms with Crippen LogP contribution in [0.5, 0.6) is 5.75 Å². The Morgan fingerprint density at radius 3 is 2.59 bits per heavy atom. The highest BCUT2D eigenvalue weighted by Gasteiger charge is 2.31. The van der Waals surface area contributed by atoms with Gasteiger partial charge in [0.15, 0.2) is 0 Å². The first-order chi connectivity index (χ1) is 15.3. The quantitative estimate of drug-likeness (QED) is 0.385. The number of nitrogens with zero attached hydrogens (tertiary/aromatic N) is 2. The molecule has 0 aliphatic carbocycles. The zero-order valence-electron chi connectivity index (χ0n) is 16.3. The number of nitrogens with one attached hydrogen (secondary N) is 1. The highest BCUT2D eigenvalue weighted by Crippen LogP contribution is 2.31. The molecule has 162 valence electrons. The number of aromatic nitrogens is 2. The number of alkyl halides is 3. The van der Waals surface area contributed by atoms with E-state index in [1.807, 2.05) is 18.2 Å². The van der Waals surface area contributed by atoms with Gasteiger partial charge in [-0.25, -0.2) is 9.97 Å². The van der Waals surface area contributed by atoms with Gasteiger partial charge < -0.3 is 15.8 Å². The third kappa shape index (κ3) is 5.27. The van der Waals surface area contributed by atoms with Gasteiger partial charge in [0.1, 0.15) is 22.9 Å². The first kappa shape index (κ1) is 21.4. The zero-order chi connectivity index (χ0) is 22.7. The molecule has 0 atom stereocenters. The number of carbonyl (C=O) groups excluding carboxylic acids is 1. The summed E-state index contributed by atoms with van der Waals surface area (Å²) in [4.78, 5) is 21.8. The molecule has 3 aromatic carbocycles.